The predicted molar refractivity (Wildman–Crippen MR) is 77.3 cm³/mol. The van der Waals surface area contributed by atoms with Crippen LogP contribution in [-0.4, -0.2) is 36.9 Å². The van der Waals surface area contributed by atoms with Crippen LogP contribution in [0, 0.1) is 0 Å². The van der Waals surface area contributed by atoms with Gasteiger partial charge in [0.15, 0.2) is 0 Å². The summed E-state index contributed by atoms with van der Waals surface area (Å²) in [5.74, 6) is -0.116. The Morgan fingerprint density at radius 3 is 2.85 bits per heavy atom. The fourth-order valence-corrected chi connectivity index (χ4v) is 3.75. The van der Waals surface area contributed by atoms with Crippen molar-refractivity contribution in [3.8, 4) is 0 Å². The van der Waals surface area contributed by atoms with Crippen molar-refractivity contribution >= 4 is 21.6 Å². The monoisotopic (exact) mass is 297 g/mol. The van der Waals surface area contributed by atoms with Crippen LogP contribution in [0.2, 0.25) is 0 Å². The minimum Gasteiger partial charge on any atom is -0.367 e. The highest BCUT2D eigenvalue weighted by Crippen LogP contribution is 2.26. The Hall–Kier alpha value is -1.63. The highest BCUT2D eigenvalue weighted by molar-refractivity contribution is 7.91. The average molecular weight is 297 g/mol. The van der Waals surface area contributed by atoms with Crippen molar-refractivity contribution in [3.63, 3.8) is 0 Å². The Labute approximate surface area is 118 Å². The molecule has 2 rings (SSSR count). The van der Waals surface area contributed by atoms with E-state index in [-0.39, 0.29) is 11.3 Å². The van der Waals surface area contributed by atoms with E-state index in [0.29, 0.717) is 24.2 Å². The summed E-state index contributed by atoms with van der Waals surface area (Å²) in [5, 5.41) is 2.83. The molecule has 1 aliphatic rings. The molecule has 0 aromatic carbocycles. The number of nitrogens with two attached hydrogens (primary N) is 1. The molecule has 7 heteroatoms. The van der Waals surface area contributed by atoms with Gasteiger partial charge >= 0.3 is 0 Å². The second-order valence-electron chi connectivity index (χ2n) is 5.22. The predicted octanol–water partition coefficient (Wildman–Crippen LogP) is 0.948. The number of nitrogens with one attached hydrogen (secondary N) is 1. The number of rotatable bonds is 4. The standard InChI is InChI=1S/C13H19N3O3S/c1-20(18,19)10-5-2-4-9(8-10)16-13-11(12(14)17)6-3-7-15-13/h3,6-7,9-10H,2,4-5,8H2,1H3,(H2,14,17)(H,15,16). The first-order chi connectivity index (χ1) is 9.38. The molecule has 0 bridgehead atoms. The van der Waals surface area contributed by atoms with Crippen LogP contribution >= 0.6 is 0 Å². The molecule has 1 fully saturated rings. The molecule has 1 aromatic rings. The maximum Gasteiger partial charge on any atom is 0.252 e. The van der Waals surface area contributed by atoms with Crippen molar-refractivity contribution in [2.24, 2.45) is 5.73 Å². The highest BCUT2D eigenvalue weighted by Gasteiger charge is 2.29. The number of hydrogen-bond acceptors (Lipinski definition) is 5. The van der Waals surface area contributed by atoms with E-state index in [4.69, 9.17) is 5.73 Å². The number of aromatic nitrogens is 1. The molecule has 6 nitrogen and oxygen atoms in total. The van der Waals surface area contributed by atoms with Crippen molar-refractivity contribution in [2.75, 3.05) is 11.6 Å². The smallest absolute Gasteiger partial charge is 0.252 e. The van der Waals surface area contributed by atoms with Gasteiger partial charge in [0.05, 0.1) is 10.8 Å². The molecule has 0 spiro atoms. The van der Waals surface area contributed by atoms with Gasteiger partial charge in [0.1, 0.15) is 15.7 Å². The number of sulfone groups is 1. The maximum absolute atomic E-state index is 11.6. The third kappa shape index (κ3) is 3.47. The molecular formula is C13H19N3O3S. The molecule has 3 N–H and O–H groups in total. The van der Waals surface area contributed by atoms with Crippen LogP contribution in [0.25, 0.3) is 0 Å². The third-order valence-electron chi connectivity index (χ3n) is 3.65. The van der Waals surface area contributed by atoms with Crippen LogP contribution in [0.3, 0.4) is 0 Å². The van der Waals surface area contributed by atoms with Crippen molar-refractivity contribution in [1.82, 2.24) is 4.98 Å². The van der Waals surface area contributed by atoms with E-state index in [1.807, 2.05) is 0 Å². The van der Waals surface area contributed by atoms with E-state index in [1.165, 1.54) is 6.26 Å². The Morgan fingerprint density at radius 1 is 1.45 bits per heavy atom. The molecule has 1 aliphatic carbocycles. The fraction of sp³-hybridized carbons (Fsp3) is 0.538. The van der Waals surface area contributed by atoms with Gasteiger partial charge < -0.3 is 11.1 Å². The van der Waals surface area contributed by atoms with E-state index in [0.717, 1.165) is 12.8 Å². The second kappa shape index (κ2) is 5.78. The van der Waals surface area contributed by atoms with Crippen molar-refractivity contribution in [1.29, 1.82) is 0 Å². The zero-order valence-electron chi connectivity index (χ0n) is 11.4. The fourth-order valence-electron chi connectivity index (χ4n) is 2.58. The zero-order chi connectivity index (χ0) is 14.8. The van der Waals surface area contributed by atoms with Crippen LogP contribution < -0.4 is 11.1 Å². The number of pyridine rings is 1. The van der Waals surface area contributed by atoms with Gasteiger partial charge in [-0.05, 0) is 31.4 Å². The normalized spacial score (nSPS) is 23.2. The van der Waals surface area contributed by atoms with Crippen LogP contribution in [0.1, 0.15) is 36.0 Å². The zero-order valence-corrected chi connectivity index (χ0v) is 12.2. The molecular weight excluding hydrogens is 278 g/mol. The van der Waals surface area contributed by atoms with E-state index < -0.39 is 15.7 Å². The molecule has 1 aromatic heterocycles. The highest BCUT2D eigenvalue weighted by atomic mass is 32.2. The Morgan fingerprint density at radius 2 is 2.20 bits per heavy atom. The number of nitrogens with zero attached hydrogens (tertiary/aromatic N) is 1. The lowest BCUT2D eigenvalue weighted by Crippen LogP contribution is -2.35. The Bertz CT molecular complexity index is 601. The van der Waals surface area contributed by atoms with Crippen molar-refractivity contribution in [2.45, 2.75) is 37.0 Å². The molecule has 1 saturated carbocycles. The number of primary amides is 1. The number of amides is 1. The van der Waals surface area contributed by atoms with Gasteiger partial charge in [0, 0.05) is 18.5 Å². The lowest BCUT2D eigenvalue weighted by atomic mass is 9.95. The number of carbonyl (C=O) groups is 1. The van der Waals surface area contributed by atoms with E-state index in [9.17, 15) is 13.2 Å². The van der Waals surface area contributed by atoms with Gasteiger partial charge in [-0.25, -0.2) is 13.4 Å². The molecule has 1 amide bonds. The first-order valence-electron chi connectivity index (χ1n) is 6.58. The van der Waals surface area contributed by atoms with E-state index >= 15 is 0 Å². The van der Waals surface area contributed by atoms with Crippen LogP contribution in [0.5, 0.6) is 0 Å². The van der Waals surface area contributed by atoms with Crippen LogP contribution in [0.15, 0.2) is 18.3 Å². The van der Waals surface area contributed by atoms with Gasteiger partial charge in [-0.15, -0.1) is 0 Å². The van der Waals surface area contributed by atoms with Crippen LogP contribution in [-0.2, 0) is 9.84 Å². The van der Waals surface area contributed by atoms with Crippen molar-refractivity contribution in [3.05, 3.63) is 23.9 Å². The van der Waals surface area contributed by atoms with E-state index in [2.05, 4.69) is 10.3 Å². The van der Waals surface area contributed by atoms with Gasteiger partial charge in [-0.2, -0.15) is 0 Å². The SMILES string of the molecule is CS(=O)(=O)C1CCCC(Nc2ncccc2C(N)=O)C1. The van der Waals surface area contributed by atoms with Crippen LogP contribution in [0.4, 0.5) is 5.82 Å². The molecule has 0 radical (unpaired) electrons. The van der Waals surface area contributed by atoms with E-state index in [1.54, 1.807) is 18.3 Å². The Kier molecular flexibility index (Phi) is 4.27. The minimum atomic E-state index is -3.03. The summed E-state index contributed by atoms with van der Waals surface area (Å²) in [5.41, 5.74) is 5.63. The topological polar surface area (TPSA) is 102 Å². The summed E-state index contributed by atoms with van der Waals surface area (Å²) < 4.78 is 23.3. The maximum atomic E-state index is 11.6. The lowest BCUT2D eigenvalue weighted by Gasteiger charge is -2.29. The number of carbonyl (C=O) groups excluding carboxylic acids is 1. The third-order valence-corrected chi connectivity index (χ3v) is 5.28. The van der Waals surface area contributed by atoms with Crippen molar-refractivity contribution < 1.29 is 13.2 Å². The first-order valence-corrected chi connectivity index (χ1v) is 8.53. The summed E-state index contributed by atoms with van der Waals surface area (Å²) in [6.45, 7) is 0. The second-order valence-corrected chi connectivity index (χ2v) is 7.55. The largest absolute Gasteiger partial charge is 0.367 e. The summed E-state index contributed by atoms with van der Waals surface area (Å²) in [6.07, 6.45) is 5.78. The summed E-state index contributed by atoms with van der Waals surface area (Å²) >= 11 is 0. The molecule has 0 saturated heterocycles. The van der Waals surface area contributed by atoms with Gasteiger partial charge in [-0.3, -0.25) is 4.79 Å². The summed E-state index contributed by atoms with van der Waals surface area (Å²) in [7, 11) is -3.03. The lowest BCUT2D eigenvalue weighted by molar-refractivity contribution is 0.100. The van der Waals surface area contributed by atoms with Gasteiger partial charge in [0.25, 0.3) is 5.91 Å². The summed E-state index contributed by atoms with van der Waals surface area (Å²) in [4.78, 5) is 15.5. The molecule has 2 unspecified atom stereocenters. The quantitative estimate of drug-likeness (QED) is 0.861. The molecule has 20 heavy (non-hydrogen) atoms. The summed E-state index contributed by atoms with van der Waals surface area (Å²) in [6, 6.07) is 3.25. The molecule has 0 aliphatic heterocycles. The number of anilines is 1. The van der Waals surface area contributed by atoms with Gasteiger partial charge in [0.2, 0.25) is 0 Å². The first kappa shape index (κ1) is 14.8. The molecule has 2 atom stereocenters. The average Bonchev–Trinajstić information content (AvgIpc) is 2.38. The molecule has 1 heterocycles. The Balaban J connectivity index is 2.12. The van der Waals surface area contributed by atoms with Gasteiger partial charge in [-0.1, -0.05) is 6.42 Å². The molecule has 110 valence electrons. The number of hydrogen-bond donors (Lipinski definition) is 2. The minimum absolute atomic E-state index is 0.00326.